The molecule has 0 radical (unpaired) electrons. The molecule has 0 unspecified atom stereocenters. The first-order chi connectivity index (χ1) is 11.7. The fourth-order valence-electron chi connectivity index (χ4n) is 2.33. The number of phenolic OH excluding ortho intramolecular Hbond substituents is 1. The van der Waals surface area contributed by atoms with E-state index in [2.05, 4.69) is 10.3 Å². The molecule has 0 atom stereocenters. The number of rotatable bonds is 9. The SMILES string of the molecule is CCNC(=NCc1cccc(OC)c1O)N(C)CCOCC1CC1.I. The van der Waals surface area contributed by atoms with Crippen LogP contribution in [0.3, 0.4) is 0 Å². The van der Waals surface area contributed by atoms with Crippen LogP contribution < -0.4 is 10.1 Å². The Morgan fingerprint density at radius 2 is 2.16 bits per heavy atom. The number of phenols is 1. The highest BCUT2D eigenvalue weighted by molar-refractivity contribution is 14.0. The van der Waals surface area contributed by atoms with Gasteiger partial charge in [0.15, 0.2) is 17.5 Å². The molecule has 2 rings (SSSR count). The lowest BCUT2D eigenvalue weighted by Crippen LogP contribution is -2.40. The van der Waals surface area contributed by atoms with Crippen LogP contribution in [0.4, 0.5) is 0 Å². The molecule has 1 aliphatic carbocycles. The summed E-state index contributed by atoms with van der Waals surface area (Å²) in [5.41, 5.74) is 0.739. The maximum absolute atomic E-state index is 10.2. The van der Waals surface area contributed by atoms with E-state index in [4.69, 9.17) is 9.47 Å². The zero-order valence-corrected chi connectivity index (χ0v) is 17.7. The third kappa shape index (κ3) is 7.27. The Kier molecular flexibility index (Phi) is 9.96. The Morgan fingerprint density at radius 1 is 1.40 bits per heavy atom. The molecule has 0 heterocycles. The Morgan fingerprint density at radius 3 is 2.80 bits per heavy atom. The number of nitrogens with one attached hydrogen (secondary N) is 1. The van der Waals surface area contributed by atoms with Crippen LogP contribution >= 0.6 is 24.0 Å². The average molecular weight is 463 g/mol. The van der Waals surface area contributed by atoms with E-state index in [1.54, 1.807) is 13.2 Å². The Hall–Kier alpha value is -1.22. The number of hydrogen-bond acceptors (Lipinski definition) is 4. The number of hydrogen-bond donors (Lipinski definition) is 2. The number of likely N-dealkylation sites (N-methyl/N-ethyl adjacent to an activating group) is 1. The monoisotopic (exact) mass is 463 g/mol. The second-order valence-corrected chi connectivity index (χ2v) is 6.08. The first-order valence-electron chi connectivity index (χ1n) is 8.57. The van der Waals surface area contributed by atoms with Crippen molar-refractivity contribution in [3.05, 3.63) is 23.8 Å². The summed E-state index contributed by atoms with van der Waals surface area (Å²) in [4.78, 5) is 6.66. The number of methoxy groups -OCH3 is 1. The second kappa shape index (κ2) is 11.4. The van der Waals surface area contributed by atoms with Gasteiger partial charge >= 0.3 is 0 Å². The van der Waals surface area contributed by atoms with Crippen molar-refractivity contribution in [2.45, 2.75) is 26.3 Å². The standard InChI is InChI=1S/C18H29N3O3.HI/c1-4-19-18(21(2)10-11-24-13-14-8-9-14)20-12-15-6-5-7-16(23-3)17(15)22;/h5-7,14,22H,4,8-13H2,1-3H3,(H,19,20);1H. The molecular weight excluding hydrogens is 433 g/mol. The van der Waals surface area contributed by atoms with Gasteiger partial charge in [0.05, 0.1) is 20.3 Å². The molecule has 0 amide bonds. The lowest BCUT2D eigenvalue weighted by molar-refractivity contribution is 0.115. The van der Waals surface area contributed by atoms with Crippen molar-refractivity contribution < 1.29 is 14.6 Å². The molecule has 1 aliphatic rings. The van der Waals surface area contributed by atoms with Gasteiger partial charge in [-0.05, 0) is 31.7 Å². The van der Waals surface area contributed by atoms with Crippen molar-refractivity contribution in [2.24, 2.45) is 10.9 Å². The zero-order valence-electron chi connectivity index (χ0n) is 15.3. The van der Waals surface area contributed by atoms with Crippen LogP contribution in [0.5, 0.6) is 11.5 Å². The molecule has 2 N–H and O–H groups in total. The third-order valence-corrected chi connectivity index (χ3v) is 4.02. The van der Waals surface area contributed by atoms with Gasteiger partial charge in [0.25, 0.3) is 0 Å². The summed E-state index contributed by atoms with van der Waals surface area (Å²) in [5, 5.41) is 13.4. The Balaban J connectivity index is 0.00000312. The van der Waals surface area contributed by atoms with Gasteiger partial charge in [0, 0.05) is 32.3 Å². The van der Waals surface area contributed by atoms with Gasteiger partial charge < -0.3 is 24.8 Å². The molecule has 0 bridgehead atoms. The summed E-state index contributed by atoms with van der Waals surface area (Å²) < 4.78 is 10.8. The predicted molar refractivity (Wildman–Crippen MR) is 111 cm³/mol. The highest BCUT2D eigenvalue weighted by atomic mass is 127. The fourth-order valence-corrected chi connectivity index (χ4v) is 2.33. The highest BCUT2D eigenvalue weighted by Gasteiger charge is 2.21. The maximum Gasteiger partial charge on any atom is 0.194 e. The summed E-state index contributed by atoms with van der Waals surface area (Å²) in [6.07, 6.45) is 2.62. The van der Waals surface area contributed by atoms with E-state index in [9.17, 15) is 5.11 Å². The third-order valence-electron chi connectivity index (χ3n) is 4.02. The molecule has 0 saturated heterocycles. The minimum atomic E-state index is 0. The van der Waals surface area contributed by atoms with Gasteiger partial charge in [0.2, 0.25) is 0 Å². The number of benzene rings is 1. The molecule has 6 nitrogen and oxygen atoms in total. The summed E-state index contributed by atoms with van der Waals surface area (Å²) >= 11 is 0. The van der Waals surface area contributed by atoms with Crippen LogP contribution in [0.15, 0.2) is 23.2 Å². The van der Waals surface area contributed by atoms with Gasteiger partial charge in [-0.15, -0.1) is 24.0 Å². The smallest absolute Gasteiger partial charge is 0.194 e. The molecule has 0 aromatic heterocycles. The Bertz CT molecular complexity index is 550. The molecule has 25 heavy (non-hydrogen) atoms. The van der Waals surface area contributed by atoms with E-state index in [0.29, 0.717) is 18.9 Å². The number of nitrogens with zero attached hydrogens (tertiary/aromatic N) is 2. The summed E-state index contributed by atoms with van der Waals surface area (Å²) in [6, 6.07) is 5.44. The first-order valence-corrected chi connectivity index (χ1v) is 8.57. The van der Waals surface area contributed by atoms with Crippen LogP contribution in [0.2, 0.25) is 0 Å². The van der Waals surface area contributed by atoms with E-state index >= 15 is 0 Å². The largest absolute Gasteiger partial charge is 0.504 e. The molecule has 1 fully saturated rings. The van der Waals surface area contributed by atoms with Crippen molar-refractivity contribution in [2.75, 3.05) is 40.5 Å². The second-order valence-electron chi connectivity index (χ2n) is 6.08. The molecule has 1 aromatic carbocycles. The van der Waals surface area contributed by atoms with Crippen LogP contribution in [0.25, 0.3) is 0 Å². The lowest BCUT2D eigenvalue weighted by Gasteiger charge is -2.22. The van der Waals surface area contributed by atoms with Gasteiger partial charge in [-0.1, -0.05) is 12.1 Å². The van der Waals surface area contributed by atoms with E-state index in [1.807, 2.05) is 31.0 Å². The van der Waals surface area contributed by atoms with Crippen LogP contribution in [-0.4, -0.2) is 56.4 Å². The van der Waals surface area contributed by atoms with Crippen molar-refractivity contribution in [3.8, 4) is 11.5 Å². The van der Waals surface area contributed by atoms with E-state index in [1.165, 1.54) is 12.8 Å². The summed E-state index contributed by atoms with van der Waals surface area (Å²) in [6.45, 7) is 5.56. The summed E-state index contributed by atoms with van der Waals surface area (Å²) in [7, 11) is 3.54. The predicted octanol–water partition coefficient (Wildman–Crippen LogP) is 2.84. The molecular formula is C18H30IN3O3. The number of halogens is 1. The minimum absolute atomic E-state index is 0. The Labute approximate surface area is 167 Å². The number of aliphatic imine (C=N–C) groups is 1. The quantitative estimate of drug-likeness (QED) is 0.255. The fraction of sp³-hybridized carbons (Fsp3) is 0.611. The van der Waals surface area contributed by atoms with E-state index < -0.39 is 0 Å². The number of ether oxygens (including phenoxy) is 2. The van der Waals surface area contributed by atoms with Crippen molar-refractivity contribution in [1.82, 2.24) is 10.2 Å². The topological polar surface area (TPSA) is 66.3 Å². The normalized spacial score (nSPS) is 14.0. The first kappa shape index (κ1) is 21.8. The average Bonchev–Trinajstić information content (AvgIpc) is 3.40. The van der Waals surface area contributed by atoms with Crippen LogP contribution in [0, 0.1) is 5.92 Å². The molecule has 0 aliphatic heterocycles. The van der Waals surface area contributed by atoms with E-state index in [-0.39, 0.29) is 29.7 Å². The summed E-state index contributed by atoms with van der Waals surface area (Å²) in [5.74, 6) is 2.20. The van der Waals surface area contributed by atoms with Crippen LogP contribution in [0.1, 0.15) is 25.3 Å². The lowest BCUT2D eigenvalue weighted by atomic mass is 10.2. The van der Waals surface area contributed by atoms with Gasteiger partial charge in [-0.2, -0.15) is 0 Å². The van der Waals surface area contributed by atoms with Crippen molar-refractivity contribution >= 4 is 29.9 Å². The molecule has 1 aromatic rings. The number of para-hydroxylation sites is 1. The molecule has 7 heteroatoms. The van der Waals surface area contributed by atoms with Gasteiger partial charge in [0.1, 0.15) is 0 Å². The van der Waals surface area contributed by atoms with Gasteiger partial charge in [-0.25, -0.2) is 4.99 Å². The zero-order chi connectivity index (χ0) is 17.4. The van der Waals surface area contributed by atoms with E-state index in [0.717, 1.165) is 37.1 Å². The number of guanidine groups is 1. The van der Waals surface area contributed by atoms with Crippen molar-refractivity contribution in [1.29, 1.82) is 0 Å². The molecule has 1 saturated carbocycles. The molecule has 0 spiro atoms. The molecule has 142 valence electrons. The van der Waals surface area contributed by atoms with Crippen molar-refractivity contribution in [3.63, 3.8) is 0 Å². The van der Waals surface area contributed by atoms with Crippen LogP contribution in [-0.2, 0) is 11.3 Å². The van der Waals surface area contributed by atoms with Gasteiger partial charge in [-0.3, -0.25) is 0 Å². The highest BCUT2D eigenvalue weighted by Crippen LogP contribution is 2.30. The number of aromatic hydroxyl groups is 1. The maximum atomic E-state index is 10.2. The minimum Gasteiger partial charge on any atom is -0.504 e.